The van der Waals surface area contributed by atoms with E-state index in [1.807, 2.05) is 0 Å². The second kappa shape index (κ2) is 5.06. The van der Waals surface area contributed by atoms with Gasteiger partial charge in [-0.05, 0) is 31.0 Å². The number of aliphatic hydroxyl groups excluding tert-OH is 1. The zero-order valence-corrected chi connectivity index (χ0v) is 12.2. The first kappa shape index (κ1) is 15.4. The van der Waals surface area contributed by atoms with Crippen LogP contribution in [0.4, 0.5) is 4.39 Å². The van der Waals surface area contributed by atoms with Gasteiger partial charge in [0.25, 0.3) is 0 Å². The Morgan fingerprint density at radius 2 is 1.85 bits per heavy atom. The molecule has 20 heavy (non-hydrogen) atoms. The maximum atomic E-state index is 13.6. The average Bonchev–Trinajstić information content (AvgIpc) is 2.25. The zero-order chi connectivity index (χ0) is 15.1. The summed E-state index contributed by atoms with van der Waals surface area (Å²) in [7, 11) is -7.79. The Morgan fingerprint density at radius 1 is 1.25 bits per heavy atom. The van der Waals surface area contributed by atoms with Crippen LogP contribution in [0.3, 0.4) is 0 Å². The molecule has 0 amide bonds. The molecular formula is C11H14FNO5S2. The summed E-state index contributed by atoms with van der Waals surface area (Å²) in [5.41, 5.74) is 0. The lowest BCUT2D eigenvalue weighted by atomic mass is 9.91. The Bertz CT molecular complexity index is 723. The molecule has 0 aliphatic heterocycles. The van der Waals surface area contributed by atoms with E-state index < -0.39 is 42.7 Å². The van der Waals surface area contributed by atoms with E-state index in [4.69, 9.17) is 5.11 Å². The maximum absolute atomic E-state index is 13.6. The van der Waals surface area contributed by atoms with Gasteiger partial charge in [0.2, 0.25) is 10.0 Å². The highest BCUT2D eigenvalue weighted by Gasteiger charge is 2.32. The third-order valence-electron chi connectivity index (χ3n) is 3.06. The number of halogens is 1. The molecule has 2 N–H and O–H groups in total. The molecule has 112 valence electrons. The minimum absolute atomic E-state index is 0.257. The van der Waals surface area contributed by atoms with Crippen LogP contribution < -0.4 is 4.72 Å². The Morgan fingerprint density at radius 3 is 2.35 bits per heavy atom. The molecule has 0 unspecified atom stereocenters. The van der Waals surface area contributed by atoms with Crippen LogP contribution >= 0.6 is 0 Å². The summed E-state index contributed by atoms with van der Waals surface area (Å²) in [6, 6.07) is 2.15. The van der Waals surface area contributed by atoms with E-state index in [9.17, 15) is 21.2 Å². The topological polar surface area (TPSA) is 101 Å². The predicted molar refractivity (Wildman–Crippen MR) is 68.9 cm³/mol. The molecule has 0 radical (unpaired) electrons. The highest BCUT2D eigenvalue weighted by atomic mass is 32.2. The molecule has 1 aliphatic carbocycles. The fourth-order valence-corrected chi connectivity index (χ4v) is 3.97. The van der Waals surface area contributed by atoms with E-state index in [2.05, 4.69) is 4.72 Å². The van der Waals surface area contributed by atoms with E-state index in [0.717, 1.165) is 24.5 Å². The smallest absolute Gasteiger partial charge is 0.243 e. The highest BCUT2D eigenvalue weighted by molar-refractivity contribution is 7.91. The summed E-state index contributed by atoms with van der Waals surface area (Å²) in [4.78, 5) is -0.977. The van der Waals surface area contributed by atoms with Crippen molar-refractivity contribution in [1.29, 1.82) is 0 Å². The maximum Gasteiger partial charge on any atom is 0.243 e. The van der Waals surface area contributed by atoms with Gasteiger partial charge in [0.15, 0.2) is 9.84 Å². The molecule has 1 aromatic rings. The van der Waals surface area contributed by atoms with Gasteiger partial charge in [0, 0.05) is 12.3 Å². The fraction of sp³-hybridized carbons (Fsp3) is 0.455. The molecule has 0 heterocycles. The number of rotatable bonds is 4. The lowest BCUT2D eigenvalue weighted by Gasteiger charge is -2.31. The third-order valence-corrected chi connectivity index (χ3v) is 5.70. The summed E-state index contributed by atoms with van der Waals surface area (Å²) >= 11 is 0. The number of benzene rings is 1. The molecule has 0 bridgehead atoms. The minimum Gasteiger partial charge on any atom is -0.393 e. The van der Waals surface area contributed by atoms with Crippen molar-refractivity contribution in [3.05, 3.63) is 24.0 Å². The van der Waals surface area contributed by atoms with Gasteiger partial charge >= 0.3 is 0 Å². The van der Waals surface area contributed by atoms with Crippen molar-refractivity contribution in [1.82, 2.24) is 4.72 Å². The number of hydrogen-bond acceptors (Lipinski definition) is 5. The van der Waals surface area contributed by atoms with Gasteiger partial charge in [0.1, 0.15) is 10.7 Å². The second-order valence-electron chi connectivity index (χ2n) is 4.81. The Kier molecular flexibility index (Phi) is 3.89. The van der Waals surface area contributed by atoms with E-state index in [-0.39, 0.29) is 17.7 Å². The molecule has 0 aromatic heterocycles. The van der Waals surface area contributed by atoms with Gasteiger partial charge in [-0.15, -0.1) is 0 Å². The molecular weight excluding hydrogens is 309 g/mol. The molecule has 1 aliphatic rings. The van der Waals surface area contributed by atoms with Gasteiger partial charge in [-0.3, -0.25) is 0 Å². The standard InChI is InChI=1S/C11H14FNO5S2/c1-19(15,16)9-2-3-10(12)11(6-9)20(17,18)13-7-4-8(14)5-7/h2-3,6-8,13-14H,4-5H2,1H3. The van der Waals surface area contributed by atoms with Crippen molar-refractivity contribution >= 4 is 19.9 Å². The molecule has 0 saturated heterocycles. The second-order valence-corrected chi connectivity index (χ2v) is 8.51. The van der Waals surface area contributed by atoms with Crippen molar-refractivity contribution in [2.75, 3.05) is 6.26 Å². The summed E-state index contributed by atoms with van der Waals surface area (Å²) < 4.78 is 62.7. The van der Waals surface area contributed by atoms with Crippen molar-refractivity contribution in [2.45, 2.75) is 34.8 Å². The van der Waals surface area contributed by atoms with Crippen LogP contribution in [0.1, 0.15) is 12.8 Å². The predicted octanol–water partition coefficient (Wildman–Crippen LogP) is 0.0308. The lowest BCUT2D eigenvalue weighted by molar-refractivity contribution is 0.0712. The summed E-state index contributed by atoms with van der Waals surface area (Å²) in [6.45, 7) is 0. The third kappa shape index (κ3) is 3.17. The summed E-state index contributed by atoms with van der Waals surface area (Å²) in [5, 5.41) is 9.10. The first-order valence-electron chi connectivity index (χ1n) is 5.79. The van der Waals surface area contributed by atoms with Gasteiger partial charge < -0.3 is 5.11 Å². The van der Waals surface area contributed by atoms with Crippen molar-refractivity contribution in [3.63, 3.8) is 0 Å². The summed E-state index contributed by atoms with van der Waals surface area (Å²) in [6.07, 6.45) is 0.862. The van der Waals surface area contributed by atoms with Gasteiger partial charge in [0.05, 0.1) is 11.0 Å². The largest absolute Gasteiger partial charge is 0.393 e. The van der Waals surface area contributed by atoms with Gasteiger partial charge in [-0.2, -0.15) is 0 Å². The van der Waals surface area contributed by atoms with Crippen LogP contribution in [0.2, 0.25) is 0 Å². The minimum atomic E-state index is -4.16. The van der Waals surface area contributed by atoms with E-state index in [1.54, 1.807) is 0 Å². The first-order chi connectivity index (χ1) is 9.09. The quantitative estimate of drug-likeness (QED) is 0.762. The molecule has 0 atom stereocenters. The number of nitrogens with one attached hydrogen (secondary N) is 1. The monoisotopic (exact) mass is 323 g/mol. The van der Waals surface area contributed by atoms with Crippen molar-refractivity contribution < 1.29 is 26.3 Å². The molecule has 6 nitrogen and oxygen atoms in total. The number of sulfonamides is 1. The molecule has 1 aromatic carbocycles. The summed E-state index contributed by atoms with van der Waals surface area (Å²) in [5.74, 6) is -1.02. The van der Waals surface area contributed by atoms with Crippen LogP contribution in [-0.4, -0.2) is 40.3 Å². The van der Waals surface area contributed by atoms with Crippen LogP contribution in [0, 0.1) is 5.82 Å². The number of sulfone groups is 1. The Hall–Kier alpha value is -1.03. The normalized spacial score (nSPS) is 23.4. The Balaban J connectivity index is 2.36. The van der Waals surface area contributed by atoms with Crippen LogP contribution in [0.25, 0.3) is 0 Å². The van der Waals surface area contributed by atoms with Crippen LogP contribution in [0.15, 0.2) is 28.0 Å². The molecule has 0 spiro atoms. The number of hydrogen-bond donors (Lipinski definition) is 2. The van der Waals surface area contributed by atoms with Crippen molar-refractivity contribution in [3.8, 4) is 0 Å². The first-order valence-corrected chi connectivity index (χ1v) is 9.17. The van der Waals surface area contributed by atoms with Crippen molar-refractivity contribution in [2.24, 2.45) is 0 Å². The van der Waals surface area contributed by atoms with Crippen LogP contribution in [-0.2, 0) is 19.9 Å². The molecule has 1 saturated carbocycles. The average molecular weight is 323 g/mol. The molecule has 2 rings (SSSR count). The Labute approximate surface area is 116 Å². The number of aliphatic hydroxyl groups is 1. The fourth-order valence-electron chi connectivity index (χ4n) is 1.89. The van der Waals surface area contributed by atoms with E-state index >= 15 is 0 Å². The molecule has 9 heteroatoms. The van der Waals surface area contributed by atoms with Crippen LogP contribution in [0.5, 0.6) is 0 Å². The zero-order valence-electron chi connectivity index (χ0n) is 10.6. The van der Waals surface area contributed by atoms with Gasteiger partial charge in [-0.1, -0.05) is 0 Å². The van der Waals surface area contributed by atoms with E-state index in [0.29, 0.717) is 0 Å². The van der Waals surface area contributed by atoms with Gasteiger partial charge in [-0.25, -0.2) is 25.9 Å². The molecule has 1 fully saturated rings. The SMILES string of the molecule is CS(=O)(=O)c1ccc(F)c(S(=O)(=O)NC2CC(O)C2)c1. The highest BCUT2D eigenvalue weighted by Crippen LogP contribution is 2.24. The lowest BCUT2D eigenvalue weighted by Crippen LogP contribution is -2.46. The van der Waals surface area contributed by atoms with E-state index in [1.165, 1.54) is 0 Å².